The molecule has 1 aliphatic heterocycles. The second kappa shape index (κ2) is 9.98. The monoisotopic (exact) mass is 424 g/mol. The number of nitrogens with one attached hydrogen (secondary N) is 2. The molecular formula is C21H28N8O2. The van der Waals surface area contributed by atoms with Gasteiger partial charge < -0.3 is 25.7 Å². The largest absolute Gasteiger partial charge is 0.402 e. The molecule has 1 fully saturated rings. The molecule has 1 amide bonds. The lowest BCUT2D eigenvalue weighted by atomic mass is 10.1. The molecular weight excluding hydrogens is 396 g/mol. The van der Waals surface area contributed by atoms with E-state index in [1.165, 1.54) is 4.90 Å². The van der Waals surface area contributed by atoms with Gasteiger partial charge in [-0.1, -0.05) is 17.2 Å². The Hall–Kier alpha value is -3.53. The first-order valence-electron chi connectivity index (χ1n) is 10.0. The Kier molecular flexibility index (Phi) is 7.14. The van der Waals surface area contributed by atoms with Gasteiger partial charge in [0.15, 0.2) is 11.5 Å². The highest BCUT2D eigenvalue weighted by Gasteiger charge is 2.19. The van der Waals surface area contributed by atoms with Crippen LogP contribution in [0.15, 0.2) is 44.5 Å². The van der Waals surface area contributed by atoms with Crippen molar-refractivity contribution in [3.05, 3.63) is 47.1 Å². The quantitative estimate of drug-likeness (QED) is 0.576. The second-order valence-electron chi connectivity index (χ2n) is 7.45. The standard InChI is InChI=1S/C21H28N8O2/c1-13(14-5-7-15(8-6-14)20(30)29(3)4)25-17(18(22)23-2)19-27-28-21(31-19)26-16-9-11-24-12-10-16/h5-8,16,24H,2,9-12,22H2,1,3-4H3,(H,26,28)/b18-17-,25-13+. The Morgan fingerprint density at radius 3 is 2.48 bits per heavy atom. The minimum absolute atomic E-state index is 0.0681. The smallest absolute Gasteiger partial charge is 0.316 e. The van der Waals surface area contributed by atoms with Crippen LogP contribution in [-0.2, 0) is 0 Å². The molecule has 1 aliphatic rings. The maximum Gasteiger partial charge on any atom is 0.316 e. The number of hydrogen-bond donors (Lipinski definition) is 3. The van der Waals surface area contributed by atoms with Crippen LogP contribution in [0.1, 0.15) is 41.6 Å². The Balaban J connectivity index is 1.82. The number of benzene rings is 1. The number of piperidine rings is 1. The van der Waals surface area contributed by atoms with E-state index < -0.39 is 0 Å². The number of carbonyl (C=O) groups excluding carboxylic acids is 1. The third-order valence-electron chi connectivity index (χ3n) is 4.94. The van der Waals surface area contributed by atoms with Gasteiger partial charge >= 0.3 is 6.01 Å². The zero-order chi connectivity index (χ0) is 22.4. The number of hydrogen-bond acceptors (Lipinski definition) is 9. The first kappa shape index (κ1) is 22.2. The van der Waals surface area contributed by atoms with Crippen molar-refractivity contribution in [1.82, 2.24) is 20.4 Å². The van der Waals surface area contributed by atoms with E-state index in [1.807, 2.05) is 19.1 Å². The minimum atomic E-state index is -0.0681. The van der Waals surface area contributed by atoms with Gasteiger partial charge in [0.1, 0.15) is 0 Å². The lowest BCUT2D eigenvalue weighted by Crippen LogP contribution is -2.35. The molecule has 0 radical (unpaired) electrons. The fourth-order valence-electron chi connectivity index (χ4n) is 3.15. The van der Waals surface area contributed by atoms with E-state index in [4.69, 9.17) is 10.2 Å². The van der Waals surface area contributed by atoms with Gasteiger partial charge in [0.2, 0.25) is 0 Å². The second-order valence-corrected chi connectivity index (χ2v) is 7.45. The van der Waals surface area contributed by atoms with E-state index in [-0.39, 0.29) is 29.4 Å². The van der Waals surface area contributed by atoms with Gasteiger partial charge in [-0.25, -0.2) is 9.98 Å². The van der Waals surface area contributed by atoms with Crippen LogP contribution in [0.4, 0.5) is 6.01 Å². The number of amides is 1. The van der Waals surface area contributed by atoms with Crippen molar-refractivity contribution in [3.8, 4) is 0 Å². The molecule has 0 bridgehead atoms. The Morgan fingerprint density at radius 2 is 1.87 bits per heavy atom. The first-order chi connectivity index (χ1) is 14.9. The molecule has 1 aromatic carbocycles. The number of rotatable bonds is 7. The van der Waals surface area contributed by atoms with E-state index >= 15 is 0 Å². The summed E-state index contributed by atoms with van der Waals surface area (Å²) < 4.78 is 5.75. The van der Waals surface area contributed by atoms with E-state index in [9.17, 15) is 4.79 Å². The van der Waals surface area contributed by atoms with Crippen molar-refractivity contribution in [1.29, 1.82) is 0 Å². The molecule has 10 heteroatoms. The third-order valence-corrected chi connectivity index (χ3v) is 4.94. The average Bonchev–Trinajstić information content (AvgIpc) is 3.25. The molecule has 2 aromatic rings. The van der Waals surface area contributed by atoms with Crippen LogP contribution in [-0.4, -0.2) is 66.7 Å². The zero-order valence-corrected chi connectivity index (χ0v) is 18.1. The highest BCUT2D eigenvalue weighted by Crippen LogP contribution is 2.22. The van der Waals surface area contributed by atoms with Crippen LogP contribution in [0.3, 0.4) is 0 Å². The molecule has 10 nitrogen and oxygen atoms in total. The van der Waals surface area contributed by atoms with E-state index in [0.717, 1.165) is 31.5 Å². The summed E-state index contributed by atoms with van der Waals surface area (Å²) in [5, 5.41) is 14.7. The van der Waals surface area contributed by atoms with Gasteiger partial charge in [-0.3, -0.25) is 4.79 Å². The summed E-state index contributed by atoms with van der Waals surface area (Å²) in [6.07, 6.45) is 1.95. The molecule has 3 rings (SSSR count). The van der Waals surface area contributed by atoms with Crippen molar-refractivity contribution >= 4 is 30.0 Å². The highest BCUT2D eigenvalue weighted by molar-refractivity contribution is 6.02. The predicted molar refractivity (Wildman–Crippen MR) is 121 cm³/mol. The SMILES string of the molecule is C=N/C(N)=C(\N=C(/C)c1ccc(C(=O)N(C)C)cc1)c1nnc(NC2CCNCC2)o1. The lowest BCUT2D eigenvalue weighted by molar-refractivity contribution is 0.0827. The highest BCUT2D eigenvalue weighted by atomic mass is 16.4. The van der Waals surface area contributed by atoms with Gasteiger partial charge in [-0.2, -0.15) is 0 Å². The molecule has 0 atom stereocenters. The van der Waals surface area contributed by atoms with Crippen molar-refractivity contribution in [3.63, 3.8) is 0 Å². The minimum Gasteiger partial charge on any atom is -0.402 e. The first-order valence-corrected chi connectivity index (χ1v) is 10.0. The van der Waals surface area contributed by atoms with E-state index in [2.05, 4.69) is 37.5 Å². The van der Waals surface area contributed by atoms with Crippen molar-refractivity contribution < 1.29 is 9.21 Å². The molecule has 0 unspecified atom stereocenters. The van der Waals surface area contributed by atoms with Crippen molar-refractivity contribution in [2.45, 2.75) is 25.8 Å². The van der Waals surface area contributed by atoms with Crippen LogP contribution < -0.4 is 16.4 Å². The summed E-state index contributed by atoms with van der Waals surface area (Å²) in [7, 11) is 3.42. The summed E-state index contributed by atoms with van der Waals surface area (Å²) in [5.74, 6) is 0.164. The summed E-state index contributed by atoms with van der Waals surface area (Å²) in [6.45, 7) is 7.19. The number of carbonyl (C=O) groups is 1. The Morgan fingerprint density at radius 1 is 1.23 bits per heavy atom. The normalized spacial score (nSPS) is 15.9. The topological polar surface area (TPSA) is 134 Å². The molecule has 1 saturated heterocycles. The summed E-state index contributed by atoms with van der Waals surface area (Å²) in [4.78, 5) is 22.0. The fraction of sp³-hybridized carbons (Fsp3) is 0.381. The Labute approximate surface area is 181 Å². The van der Waals surface area contributed by atoms with Gasteiger partial charge in [-0.15, -0.1) is 5.10 Å². The molecule has 0 aliphatic carbocycles. The van der Waals surface area contributed by atoms with Crippen molar-refractivity contribution in [2.24, 2.45) is 15.7 Å². The molecule has 4 N–H and O–H groups in total. The number of anilines is 1. The molecule has 1 aromatic heterocycles. The maximum atomic E-state index is 12.1. The summed E-state index contributed by atoms with van der Waals surface area (Å²) in [6, 6.07) is 7.73. The van der Waals surface area contributed by atoms with Gasteiger partial charge in [0.05, 0.1) is 0 Å². The van der Waals surface area contributed by atoms with Crippen LogP contribution in [0, 0.1) is 0 Å². The molecule has 0 spiro atoms. The lowest BCUT2D eigenvalue weighted by Gasteiger charge is -2.22. The number of nitrogens with zero attached hydrogens (tertiary/aromatic N) is 5. The van der Waals surface area contributed by atoms with E-state index in [0.29, 0.717) is 17.3 Å². The van der Waals surface area contributed by atoms with Gasteiger partial charge in [0, 0.05) is 31.4 Å². The van der Waals surface area contributed by atoms with Crippen LogP contribution in [0.2, 0.25) is 0 Å². The number of aromatic nitrogens is 2. The molecule has 0 saturated carbocycles. The maximum absolute atomic E-state index is 12.1. The van der Waals surface area contributed by atoms with Gasteiger partial charge in [0.25, 0.3) is 11.8 Å². The Bertz CT molecular complexity index is 985. The van der Waals surface area contributed by atoms with Crippen LogP contribution in [0.25, 0.3) is 5.70 Å². The summed E-state index contributed by atoms with van der Waals surface area (Å²) >= 11 is 0. The molecule has 2 heterocycles. The van der Waals surface area contributed by atoms with Crippen LogP contribution in [0.5, 0.6) is 0 Å². The average molecular weight is 425 g/mol. The number of nitrogens with two attached hydrogens (primary N) is 1. The van der Waals surface area contributed by atoms with Gasteiger partial charge in [-0.05, 0) is 57.3 Å². The number of aliphatic imine (C=N–C) groups is 2. The predicted octanol–water partition coefficient (Wildman–Crippen LogP) is 1.73. The van der Waals surface area contributed by atoms with Crippen LogP contribution >= 0.6 is 0 Å². The molecule has 164 valence electrons. The zero-order valence-electron chi connectivity index (χ0n) is 18.1. The van der Waals surface area contributed by atoms with Crippen molar-refractivity contribution in [2.75, 3.05) is 32.5 Å². The molecule has 31 heavy (non-hydrogen) atoms. The summed E-state index contributed by atoms with van der Waals surface area (Å²) in [5.41, 5.74) is 8.30. The third kappa shape index (κ3) is 5.54. The fourth-order valence-corrected chi connectivity index (χ4v) is 3.15. The van der Waals surface area contributed by atoms with E-state index in [1.54, 1.807) is 26.2 Å².